The van der Waals surface area contributed by atoms with E-state index in [0.29, 0.717) is 27.4 Å². The summed E-state index contributed by atoms with van der Waals surface area (Å²) in [4.78, 5) is 11.8. The molecule has 0 aliphatic carbocycles. The maximum absolute atomic E-state index is 11.9. The number of carboxylic acids is 1. The minimum atomic E-state index is -3.85. The highest BCUT2D eigenvalue weighted by atomic mass is 35.5. The molecule has 0 amide bonds. The predicted octanol–water partition coefficient (Wildman–Crippen LogP) is 2.07. The van der Waals surface area contributed by atoms with Gasteiger partial charge in [-0.3, -0.25) is 4.68 Å². The van der Waals surface area contributed by atoms with Crippen LogP contribution in [0.1, 0.15) is 10.5 Å². The molecule has 28 heavy (non-hydrogen) atoms. The third kappa shape index (κ3) is 3.84. The number of hydrogen-bond donors (Lipinski definition) is 1. The molecule has 0 radical (unpaired) electrons. The van der Waals surface area contributed by atoms with Crippen LogP contribution in [0.5, 0.6) is 0 Å². The number of nitrogens with zero attached hydrogens (tertiary/aromatic N) is 2. The molecule has 0 bridgehead atoms. The normalized spacial score (nSPS) is 11.4. The van der Waals surface area contributed by atoms with Crippen molar-refractivity contribution in [2.75, 3.05) is 0 Å². The highest BCUT2D eigenvalue weighted by molar-refractivity contribution is 7.89. The summed E-state index contributed by atoms with van der Waals surface area (Å²) in [7, 11) is -3.85. The van der Waals surface area contributed by atoms with E-state index in [-0.39, 0.29) is 17.1 Å². The Balaban J connectivity index is 2.28. The summed E-state index contributed by atoms with van der Waals surface area (Å²) >= 11 is 5.94. The maximum Gasteiger partial charge on any atom is 0.238 e. The van der Waals surface area contributed by atoms with Crippen LogP contribution in [0.2, 0.25) is 5.02 Å². The smallest absolute Gasteiger partial charge is 0.238 e. The number of carboxylic acid groups (broad SMARTS) is 1. The van der Waals surface area contributed by atoms with E-state index in [9.17, 15) is 18.3 Å². The van der Waals surface area contributed by atoms with Crippen molar-refractivity contribution in [2.24, 2.45) is 5.14 Å². The summed E-state index contributed by atoms with van der Waals surface area (Å²) in [5, 5.41) is 21.9. The summed E-state index contributed by atoms with van der Waals surface area (Å²) in [6.07, 6.45) is 1.51. The molecule has 9 heteroatoms. The first-order valence-corrected chi connectivity index (χ1v) is 9.97. The lowest BCUT2D eigenvalue weighted by atomic mass is 9.99. The standard InChI is InChI=1S/C19H16ClN3O4S/c1-2-11-23-18(19(24)25)16(12-3-7-14(20)8-4-12)17(22-23)13-5-9-15(10-6-13)28(21,26)27/h2-10H,1,11H2,(H,24,25)(H2,21,26,27)/p-1. The fourth-order valence-corrected chi connectivity index (χ4v) is 3.46. The Bertz CT molecular complexity index is 1150. The summed E-state index contributed by atoms with van der Waals surface area (Å²) < 4.78 is 24.2. The zero-order chi connectivity index (χ0) is 20.5. The number of aromatic carboxylic acids is 1. The van der Waals surface area contributed by atoms with Crippen molar-refractivity contribution in [1.82, 2.24) is 9.78 Å². The number of nitrogens with two attached hydrogens (primary N) is 1. The zero-order valence-electron chi connectivity index (χ0n) is 14.5. The summed E-state index contributed by atoms with van der Waals surface area (Å²) in [6.45, 7) is 3.77. The molecule has 7 nitrogen and oxygen atoms in total. The topological polar surface area (TPSA) is 118 Å². The van der Waals surface area contributed by atoms with Crippen LogP contribution in [0.4, 0.5) is 0 Å². The Morgan fingerprint density at radius 1 is 1.14 bits per heavy atom. The average Bonchev–Trinajstić information content (AvgIpc) is 3.01. The second kappa shape index (κ2) is 7.59. The van der Waals surface area contributed by atoms with Gasteiger partial charge in [0.1, 0.15) is 5.69 Å². The van der Waals surface area contributed by atoms with Gasteiger partial charge in [0.15, 0.2) is 0 Å². The van der Waals surface area contributed by atoms with Crippen LogP contribution in [0, 0.1) is 0 Å². The number of aromatic nitrogens is 2. The number of allylic oxidation sites excluding steroid dienone is 1. The van der Waals surface area contributed by atoms with E-state index in [1.807, 2.05) is 0 Å². The monoisotopic (exact) mass is 416 g/mol. The van der Waals surface area contributed by atoms with E-state index < -0.39 is 16.0 Å². The molecule has 0 saturated heterocycles. The molecule has 0 spiro atoms. The Hall–Kier alpha value is -2.94. The molecule has 0 fully saturated rings. The number of rotatable bonds is 6. The molecule has 3 aromatic rings. The van der Waals surface area contributed by atoms with Crippen molar-refractivity contribution in [1.29, 1.82) is 0 Å². The largest absolute Gasteiger partial charge is 0.543 e. The van der Waals surface area contributed by atoms with E-state index >= 15 is 0 Å². The molecule has 0 unspecified atom stereocenters. The van der Waals surface area contributed by atoms with Crippen molar-refractivity contribution in [3.63, 3.8) is 0 Å². The molecular formula is C19H15ClN3O4S-. The molecule has 1 aromatic heterocycles. The summed E-state index contributed by atoms with van der Waals surface area (Å²) in [5.74, 6) is -1.40. The lowest BCUT2D eigenvalue weighted by molar-refractivity contribution is -0.255. The highest BCUT2D eigenvalue weighted by Crippen LogP contribution is 2.35. The van der Waals surface area contributed by atoms with Gasteiger partial charge in [-0.1, -0.05) is 41.9 Å². The van der Waals surface area contributed by atoms with Crippen LogP contribution in [0.25, 0.3) is 22.4 Å². The van der Waals surface area contributed by atoms with Crippen LogP contribution >= 0.6 is 11.6 Å². The fourth-order valence-electron chi connectivity index (χ4n) is 2.82. The van der Waals surface area contributed by atoms with Gasteiger partial charge in [0.05, 0.1) is 23.1 Å². The lowest BCUT2D eigenvalue weighted by Crippen LogP contribution is -2.26. The first kappa shape index (κ1) is 19.8. The third-order valence-electron chi connectivity index (χ3n) is 4.04. The Morgan fingerprint density at radius 3 is 2.21 bits per heavy atom. The second-order valence-electron chi connectivity index (χ2n) is 5.91. The molecule has 144 valence electrons. The maximum atomic E-state index is 11.9. The zero-order valence-corrected chi connectivity index (χ0v) is 16.1. The van der Waals surface area contributed by atoms with Crippen LogP contribution in [-0.4, -0.2) is 24.2 Å². The van der Waals surface area contributed by atoms with E-state index in [1.54, 1.807) is 24.3 Å². The van der Waals surface area contributed by atoms with E-state index in [1.165, 1.54) is 35.0 Å². The number of hydrogen-bond acceptors (Lipinski definition) is 5. The van der Waals surface area contributed by atoms with E-state index in [0.717, 1.165) is 0 Å². The molecule has 2 aromatic carbocycles. The number of carbonyl (C=O) groups excluding carboxylic acids is 1. The van der Waals surface area contributed by atoms with Crippen molar-refractivity contribution in [3.05, 3.63) is 71.9 Å². The van der Waals surface area contributed by atoms with Gasteiger partial charge in [-0.15, -0.1) is 6.58 Å². The number of sulfonamides is 1. The predicted molar refractivity (Wildman–Crippen MR) is 104 cm³/mol. The molecule has 3 rings (SSSR count). The van der Waals surface area contributed by atoms with Gasteiger partial charge < -0.3 is 9.90 Å². The SMILES string of the molecule is C=CCn1nc(-c2ccc(S(N)(=O)=O)cc2)c(-c2ccc(Cl)cc2)c1C(=O)[O-]. The van der Waals surface area contributed by atoms with Gasteiger partial charge in [-0.05, 0) is 29.8 Å². The fraction of sp³-hybridized carbons (Fsp3) is 0.0526. The lowest BCUT2D eigenvalue weighted by Gasteiger charge is -2.10. The Kier molecular flexibility index (Phi) is 5.37. The summed E-state index contributed by atoms with van der Waals surface area (Å²) in [6, 6.07) is 12.3. The van der Waals surface area contributed by atoms with Gasteiger partial charge in [0.2, 0.25) is 10.0 Å². The number of primary sulfonamides is 1. The number of halogens is 1. The average molecular weight is 417 g/mol. The highest BCUT2D eigenvalue weighted by Gasteiger charge is 2.21. The number of benzene rings is 2. The Morgan fingerprint density at radius 2 is 1.71 bits per heavy atom. The van der Waals surface area contributed by atoms with Crippen molar-refractivity contribution < 1.29 is 18.3 Å². The molecule has 0 aliphatic rings. The second-order valence-corrected chi connectivity index (χ2v) is 7.90. The van der Waals surface area contributed by atoms with Crippen LogP contribution in [0.3, 0.4) is 0 Å². The van der Waals surface area contributed by atoms with Gasteiger partial charge >= 0.3 is 0 Å². The van der Waals surface area contributed by atoms with E-state index in [4.69, 9.17) is 16.7 Å². The molecular weight excluding hydrogens is 402 g/mol. The van der Waals surface area contributed by atoms with Crippen molar-refractivity contribution >= 4 is 27.6 Å². The molecule has 0 atom stereocenters. The first-order valence-electron chi connectivity index (χ1n) is 8.04. The Labute approximate surface area is 166 Å². The van der Waals surface area contributed by atoms with Gasteiger partial charge in [-0.25, -0.2) is 13.6 Å². The molecule has 0 aliphatic heterocycles. The minimum absolute atomic E-state index is 0.0602. The van der Waals surface area contributed by atoms with Gasteiger partial charge in [-0.2, -0.15) is 5.10 Å². The van der Waals surface area contributed by atoms with E-state index in [2.05, 4.69) is 11.7 Å². The molecule has 1 heterocycles. The molecule has 2 N–H and O–H groups in total. The quantitative estimate of drug-likeness (QED) is 0.617. The van der Waals surface area contributed by atoms with Crippen LogP contribution in [-0.2, 0) is 16.6 Å². The molecule has 0 saturated carbocycles. The minimum Gasteiger partial charge on any atom is -0.543 e. The third-order valence-corrected chi connectivity index (χ3v) is 5.22. The van der Waals surface area contributed by atoms with Gasteiger partial charge in [0.25, 0.3) is 0 Å². The van der Waals surface area contributed by atoms with Crippen molar-refractivity contribution in [3.8, 4) is 22.4 Å². The summed E-state index contributed by atoms with van der Waals surface area (Å²) in [5.41, 5.74) is 1.66. The van der Waals surface area contributed by atoms with Crippen LogP contribution in [0.15, 0.2) is 66.1 Å². The van der Waals surface area contributed by atoms with Crippen LogP contribution < -0.4 is 10.2 Å². The first-order chi connectivity index (χ1) is 13.2. The van der Waals surface area contributed by atoms with Gasteiger partial charge in [0, 0.05) is 16.1 Å². The number of carbonyl (C=O) groups is 1. The van der Waals surface area contributed by atoms with Crippen molar-refractivity contribution in [2.45, 2.75) is 11.4 Å².